The molecule has 7 nitrogen and oxygen atoms in total. The van der Waals surface area contributed by atoms with E-state index in [1.54, 1.807) is 41.4 Å². The number of carbonyl (C=O) groups excluding carboxylic acids is 1. The maximum absolute atomic E-state index is 12.6. The summed E-state index contributed by atoms with van der Waals surface area (Å²) in [5.74, 6) is 0.900. The summed E-state index contributed by atoms with van der Waals surface area (Å²) in [5.41, 5.74) is 2.01. The fourth-order valence-electron chi connectivity index (χ4n) is 2.85. The second-order valence-corrected chi connectivity index (χ2v) is 6.28. The molecule has 0 saturated carbocycles. The van der Waals surface area contributed by atoms with Crippen LogP contribution in [0.4, 0.5) is 0 Å². The van der Waals surface area contributed by atoms with E-state index in [0.29, 0.717) is 24.6 Å². The van der Waals surface area contributed by atoms with Crippen molar-refractivity contribution in [2.75, 3.05) is 7.05 Å². The lowest BCUT2D eigenvalue weighted by Crippen LogP contribution is -2.25. The van der Waals surface area contributed by atoms with E-state index in [0.717, 1.165) is 11.3 Å². The third kappa shape index (κ3) is 3.82. The molecule has 7 heteroatoms. The zero-order valence-electron chi connectivity index (χ0n) is 14.9. The first-order valence-electron chi connectivity index (χ1n) is 8.58. The zero-order valence-corrected chi connectivity index (χ0v) is 14.9. The van der Waals surface area contributed by atoms with Gasteiger partial charge in [-0.05, 0) is 35.9 Å². The summed E-state index contributed by atoms with van der Waals surface area (Å²) >= 11 is 0. The van der Waals surface area contributed by atoms with Gasteiger partial charge in [0, 0.05) is 38.4 Å². The highest BCUT2D eigenvalue weighted by molar-refractivity contribution is 5.91. The van der Waals surface area contributed by atoms with Gasteiger partial charge >= 0.3 is 0 Å². The topological polar surface area (TPSA) is 69.1 Å². The minimum atomic E-state index is -0.150. The van der Waals surface area contributed by atoms with Crippen molar-refractivity contribution in [1.82, 2.24) is 24.2 Å². The first-order chi connectivity index (χ1) is 13.2. The maximum atomic E-state index is 12.6. The Morgan fingerprint density at radius 3 is 2.67 bits per heavy atom. The Morgan fingerprint density at radius 2 is 1.96 bits per heavy atom. The highest BCUT2D eigenvalue weighted by atomic mass is 16.4. The van der Waals surface area contributed by atoms with Crippen molar-refractivity contribution in [3.8, 4) is 5.69 Å². The van der Waals surface area contributed by atoms with Crippen molar-refractivity contribution in [1.29, 1.82) is 0 Å². The molecule has 0 unspecified atom stereocenters. The molecule has 0 aliphatic heterocycles. The van der Waals surface area contributed by atoms with Crippen LogP contribution in [0.25, 0.3) is 5.69 Å². The van der Waals surface area contributed by atoms with Gasteiger partial charge in [-0.3, -0.25) is 4.79 Å². The third-order valence-corrected chi connectivity index (χ3v) is 4.24. The summed E-state index contributed by atoms with van der Waals surface area (Å²) in [7, 11) is 1.77. The van der Waals surface area contributed by atoms with Gasteiger partial charge in [0.1, 0.15) is 5.76 Å². The minimum absolute atomic E-state index is 0.150. The maximum Gasteiger partial charge on any atom is 0.289 e. The lowest BCUT2D eigenvalue weighted by molar-refractivity contribution is 0.0751. The fraction of sp³-hybridized carbons (Fsp3) is 0.150. The Balaban J connectivity index is 1.40. The molecule has 1 aromatic carbocycles. The molecule has 1 amide bonds. The second-order valence-electron chi connectivity index (χ2n) is 6.28. The van der Waals surface area contributed by atoms with Gasteiger partial charge < -0.3 is 13.9 Å². The SMILES string of the molecule is CN(Cc1ccc(-n2cccn2)cc1)C(=O)c1ccc(Cn2ccnc2)o1. The van der Waals surface area contributed by atoms with Crippen LogP contribution in [0.1, 0.15) is 21.9 Å². The number of aromatic nitrogens is 4. The number of rotatable bonds is 6. The molecule has 0 saturated heterocycles. The Hall–Kier alpha value is -3.61. The Labute approximate surface area is 156 Å². The highest BCUT2D eigenvalue weighted by Gasteiger charge is 2.16. The molecule has 0 fully saturated rings. The molecule has 3 aromatic heterocycles. The molecule has 0 atom stereocenters. The molecule has 27 heavy (non-hydrogen) atoms. The number of amides is 1. The van der Waals surface area contributed by atoms with Gasteiger partial charge in [0.05, 0.1) is 18.6 Å². The predicted molar refractivity (Wildman–Crippen MR) is 99.4 cm³/mol. The summed E-state index contributed by atoms with van der Waals surface area (Å²) in [6.45, 7) is 1.04. The number of benzene rings is 1. The van der Waals surface area contributed by atoms with Crippen LogP contribution in [0.3, 0.4) is 0 Å². The molecule has 0 spiro atoms. The highest BCUT2D eigenvalue weighted by Crippen LogP contribution is 2.15. The standard InChI is InChI=1S/C20H19N5O2/c1-23(13-16-3-5-17(6-4-16)25-11-2-9-22-25)20(26)19-8-7-18(27-19)14-24-12-10-21-15-24/h2-12,15H,13-14H2,1H3. The molecular formula is C20H19N5O2. The van der Waals surface area contributed by atoms with Crippen molar-refractivity contribution in [2.24, 2.45) is 0 Å². The van der Waals surface area contributed by atoms with Crippen molar-refractivity contribution in [3.05, 3.63) is 90.7 Å². The summed E-state index contributed by atoms with van der Waals surface area (Å²) in [6, 6.07) is 13.4. The van der Waals surface area contributed by atoms with Crippen LogP contribution < -0.4 is 0 Å². The molecule has 0 bridgehead atoms. The molecule has 0 N–H and O–H groups in total. The number of imidazole rings is 1. The van der Waals surface area contributed by atoms with Gasteiger partial charge in [0.25, 0.3) is 5.91 Å². The van der Waals surface area contributed by atoms with Gasteiger partial charge in [-0.1, -0.05) is 12.1 Å². The van der Waals surface area contributed by atoms with Crippen LogP contribution in [0.2, 0.25) is 0 Å². The second kappa shape index (κ2) is 7.33. The van der Waals surface area contributed by atoms with E-state index >= 15 is 0 Å². The molecular weight excluding hydrogens is 342 g/mol. The van der Waals surface area contributed by atoms with Crippen molar-refractivity contribution in [3.63, 3.8) is 0 Å². The van der Waals surface area contributed by atoms with Crippen LogP contribution in [-0.2, 0) is 13.1 Å². The van der Waals surface area contributed by atoms with Crippen molar-refractivity contribution >= 4 is 5.91 Å². The lowest BCUT2D eigenvalue weighted by Gasteiger charge is -2.16. The van der Waals surface area contributed by atoms with Gasteiger partial charge in [-0.2, -0.15) is 5.10 Å². The van der Waals surface area contributed by atoms with E-state index in [1.807, 2.05) is 53.4 Å². The number of furan rings is 1. The van der Waals surface area contributed by atoms with Gasteiger partial charge in [0.15, 0.2) is 5.76 Å². The van der Waals surface area contributed by atoms with E-state index < -0.39 is 0 Å². The van der Waals surface area contributed by atoms with Crippen LogP contribution in [0.15, 0.2) is 78.0 Å². The average molecular weight is 361 g/mol. The zero-order chi connectivity index (χ0) is 18.6. The number of hydrogen-bond acceptors (Lipinski definition) is 4. The quantitative estimate of drug-likeness (QED) is 0.529. The van der Waals surface area contributed by atoms with Crippen LogP contribution >= 0.6 is 0 Å². The summed E-state index contributed by atoms with van der Waals surface area (Å²) in [5, 5.41) is 4.21. The fourth-order valence-corrected chi connectivity index (χ4v) is 2.85. The minimum Gasteiger partial charge on any atom is -0.454 e. The lowest BCUT2D eigenvalue weighted by atomic mass is 10.2. The largest absolute Gasteiger partial charge is 0.454 e. The predicted octanol–water partition coefficient (Wildman–Crippen LogP) is 2.98. The average Bonchev–Trinajstić information content (AvgIpc) is 3.45. The first kappa shape index (κ1) is 16.8. The van der Waals surface area contributed by atoms with Gasteiger partial charge in [0.2, 0.25) is 0 Å². The van der Waals surface area contributed by atoms with Crippen LogP contribution in [-0.4, -0.2) is 37.2 Å². The Kier molecular flexibility index (Phi) is 4.57. The number of carbonyl (C=O) groups is 1. The Morgan fingerprint density at radius 1 is 1.11 bits per heavy atom. The first-order valence-corrected chi connectivity index (χ1v) is 8.58. The van der Waals surface area contributed by atoms with E-state index in [1.165, 1.54) is 0 Å². The molecule has 4 rings (SSSR count). The van der Waals surface area contributed by atoms with E-state index in [2.05, 4.69) is 10.1 Å². The molecule has 3 heterocycles. The number of nitrogens with zero attached hydrogens (tertiary/aromatic N) is 5. The molecule has 0 aliphatic rings. The summed E-state index contributed by atoms with van der Waals surface area (Å²) in [6.07, 6.45) is 8.90. The normalized spacial score (nSPS) is 10.9. The molecule has 4 aromatic rings. The molecule has 0 radical (unpaired) electrons. The van der Waals surface area contributed by atoms with E-state index in [4.69, 9.17) is 4.42 Å². The summed E-state index contributed by atoms with van der Waals surface area (Å²) < 4.78 is 9.38. The monoisotopic (exact) mass is 361 g/mol. The molecule has 0 aliphatic carbocycles. The van der Waals surface area contributed by atoms with Gasteiger partial charge in [-0.25, -0.2) is 9.67 Å². The van der Waals surface area contributed by atoms with Crippen molar-refractivity contribution < 1.29 is 9.21 Å². The smallest absolute Gasteiger partial charge is 0.289 e. The van der Waals surface area contributed by atoms with E-state index in [9.17, 15) is 4.79 Å². The van der Waals surface area contributed by atoms with E-state index in [-0.39, 0.29) is 5.91 Å². The third-order valence-electron chi connectivity index (χ3n) is 4.24. The Bertz CT molecular complexity index is 1000. The molecule has 136 valence electrons. The van der Waals surface area contributed by atoms with Crippen LogP contribution in [0.5, 0.6) is 0 Å². The van der Waals surface area contributed by atoms with Crippen molar-refractivity contribution in [2.45, 2.75) is 13.1 Å². The number of hydrogen-bond donors (Lipinski definition) is 0. The van der Waals surface area contributed by atoms with Crippen LogP contribution in [0, 0.1) is 0 Å². The van der Waals surface area contributed by atoms with Gasteiger partial charge in [-0.15, -0.1) is 0 Å². The summed E-state index contributed by atoms with van der Waals surface area (Å²) in [4.78, 5) is 18.3.